The number of nitrogens with zero attached hydrogens (tertiary/aromatic N) is 3. The molecule has 0 atom stereocenters. The molecule has 0 aliphatic carbocycles. The quantitative estimate of drug-likeness (QED) is 0.162. The van der Waals surface area contributed by atoms with Crippen molar-refractivity contribution in [1.29, 1.82) is 5.26 Å². The molecule has 3 nitrogen and oxygen atoms in total. The van der Waals surface area contributed by atoms with Crippen molar-refractivity contribution in [1.82, 2.24) is 9.13 Å². The third-order valence-corrected chi connectivity index (χ3v) is 13.9. The molecule has 0 aliphatic rings. The van der Waals surface area contributed by atoms with E-state index in [2.05, 4.69) is 171 Å². The van der Waals surface area contributed by atoms with Gasteiger partial charge in [-0.3, -0.25) is 0 Å². The van der Waals surface area contributed by atoms with E-state index in [9.17, 15) is 18.4 Å². The number of halogens is 6. The summed E-state index contributed by atoms with van der Waals surface area (Å²) in [5, 5.41) is 14.5. The minimum absolute atomic E-state index is 0.0766. The summed E-state index contributed by atoms with van der Waals surface area (Å²) in [4.78, 5) is 0. The summed E-state index contributed by atoms with van der Waals surface area (Å²) in [5.74, 6) is 0. The normalized spacial score (nSPS) is 13.3. The molecular formula is C61H57F6N3. The van der Waals surface area contributed by atoms with Gasteiger partial charge in [-0.25, -0.2) is 0 Å². The van der Waals surface area contributed by atoms with Gasteiger partial charge < -0.3 is 9.13 Å². The van der Waals surface area contributed by atoms with E-state index in [1.54, 1.807) is 24.3 Å². The molecule has 0 fully saturated rings. The number of fused-ring (bicyclic) bond motifs is 6. The first-order valence-corrected chi connectivity index (χ1v) is 23.6. The van der Waals surface area contributed by atoms with E-state index in [0.717, 1.165) is 71.9 Å². The van der Waals surface area contributed by atoms with E-state index in [0.29, 0.717) is 34.1 Å². The number of rotatable bonds is 4. The van der Waals surface area contributed by atoms with E-state index in [4.69, 9.17) is 0 Å². The first-order chi connectivity index (χ1) is 32.4. The smallest absolute Gasteiger partial charge is 0.309 e. The van der Waals surface area contributed by atoms with E-state index < -0.39 is 29.0 Å². The molecule has 9 rings (SSSR count). The average molecular weight is 946 g/mol. The van der Waals surface area contributed by atoms with Crippen LogP contribution in [0.3, 0.4) is 0 Å². The molecule has 2 aromatic heterocycles. The monoisotopic (exact) mass is 945 g/mol. The van der Waals surface area contributed by atoms with Gasteiger partial charge in [0.2, 0.25) is 0 Å². The van der Waals surface area contributed by atoms with Crippen molar-refractivity contribution in [3.05, 3.63) is 166 Å². The Balaban J connectivity index is 1.45. The molecule has 0 unspecified atom stereocenters. The molecule has 358 valence electrons. The lowest BCUT2D eigenvalue weighted by Gasteiger charge is -2.22. The van der Waals surface area contributed by atoms with Gasteiger partial charge in [0.05, 0.1) is 56.2 Å². The highest BCUT2D eigenvalue weighted by Gasteiger charge is 2.39. The summed E-state index contributed by atoms with van der Waals surface area (Å²) >= 11 is 0. The van der Waals surface area contributed by atoms with Crippen LogP contribution in [0.25, 0.3) is 77.2 Å². The highest BCUT2D eigenvalue weighted by atomic mass is 19.4. The SMILES string of the molecule is CC(C)(C)c1ccc2c(c1)c1cc(C(C)(C)C)ccc1n2-c1ccc(-c2ccc(C(F)(F)F)cc2C(F)(F)F)cc1-c1ccc(C#N)cc1-n1c2ccc(C(C)(C)C)cc2c2cc(C(C)(C)C)ccc21. The van der Waals surface area contributed by atoms with Crippen LogP contribution < -0.4 is 0 Å². The second-order valence-corrected chi connectivity index (χ2v) is 22.9. The second-order valence-electron chi connectivity index (χ2n) is 22.9. The maximum atomic E-state index is 15.0. The van der Waals surface area contributed by atoms with Gasteiger partial charge >= 0.3 is 12.4 Å². The van der Waals surface area contributed by atoms with Gasteiger partial charge in [0.25, 0.3) is 0 Å². The van der Waals surface area contributed by atoms with Crippen LogP contribution in [0.2, 0.25) is 0 Å². The lowest BCUT2D eigenvalue weighted by molar-refractivity contribution is -0.142. The summed E-state index contributed by atoms with van der Waals surface area (Å²) in [5.41, 5.74) is 6.88. The predicted octanol–water partition coefficient (Wildman–Crippen LogP) is 18.3. The van der Waals surface area contributed by atoms with E-state index >= 15 is 13.2 Å². The number of nitriles is 1. The predicted molar refractivity (Wildman–Crippen MR) is 276 cm³/mol. The van der Waals surface area contributed by atoms with Crippen LogP contribution in [0.5, 0.6) is 0 Å². The molecule has 0 N–H and O–H groups in total. The van der Waals surface area contributed by atoms with Crippen molar-refractivity contribution < 1.29 is 26.3 Å². The molecular weight excluding hydrogens is 889 g/mol. The van der Waals surface area contributed by atoms with Crippen molar-refractivity contribution in [3.8, 4) is 39.7 Å². The fraction of sp³-hybridized carbons (Fsp3) is 0.295. The molecule has 2 heterocycles. The Labute approximate surface area is 406 Å². The average Bonchev–Trinajstić information content (AvgIpc) is 3.78. The van der Waals surface area contributed by atoms with Crippen LogP contribution in [0.15, 0.2) is 127 Å². The largest absolute Gasteiger partial charge is 0.417 e. The molecule has 0 bridgehead atoms. The minimum atomic E-state index is -5.11. The number of benzene rings is 7. The molecule has 0 aliphatic heterocycles. The fourth-order valence-electron chi connectivity index (χ4n) is 9.77. The lowest BCUT2D eigenvalue weighted by Crippen LogP contribution is -2.12. The lowest BCUT2D eigenvalue weighted by atomic mass is 9.85. The highest BCUT2D eigenvalue weighted by Crippen LogP contribution is 2.47. The van der Waals surface area contributed by atoms with Crippen LogP contribution >= 0.6 is 0 Å². The van der Waals surface area contributed by atoms with Gasteiger partial charge in [0.1, 0.15) is 0 Å². The maximum absolute atomic E-state index is 15.0. The summed E-state index contributed by atoms with van der Waals surface area (Å²) in [6, 6.07) is 40.2. The third kappa shape index (κ3) is 8.43. The Morgan fingerprint density at radius 1 is 0.357 bits per heavy atom. The van der Waals surface area contributed by atoms with Gasteiger partial charge in [-0.2, -0.15) is 31.6 Å². The summed E-state index contributed by atoms with van der Waals surface area (Å²) in [6.07, 6.45) is -10.1. The summed E-state index contributed by atoms with van der Waals surface area (Å²) in [7, 11) is 0. The zero-order chi connectivity index (χ0) is 50.8. The van der Waals surface area contributed by atoms with Crippen LogP contribution in [-0.2, 0) is 34.0 Å². The van der Waals surface area contributed by atoms with Crippen molar-refractivity contribution >= 4 is 43.6 Å². The maximum Gasteiger partial charge on any atom is 0.417 e. The Bertz CT molecular complexity index is 3470. The van der Waals surface area contributed by atoms with Gasteiger partial charge in [-0.15, -0.1) is 0 Å². The van der Waals surface area contributed by atoms with Crippen LogP contribution in [0.4, 0.5) is 26.3 Å². The first kappa shape index (κ1) is 48.2. The number of alkyl halides is 6. The Morgan fingerprint density at radius 2 is 0.743 bits per heavy atom. The molecule has 70 heavy (non-hydrogen) atoms. The van der Waals surface area contributed by atoms with Gasteiger partial charge in [-0.05, 0) is 140 Å². The number of hydrogen-bond donors (Lipinski definition) is 0. The zero-order valence-electron chi connectivity index (χ0n) is 41.7. The van der Waals surface area contributed by atoms with Crippen molar-refractivity contribution in [2.75, 3.05) is 0 Å². The molecule has 9 aromatic rings. The topological polar surface area (TPSA) is 33.6 Å². The van der Waals surface area contributed by atoms with Crippen molar-refractivity contribution in [2.45, 2.75) is 117 Å². The zero-order valence-corrected chi connectivity index (χ0v) is 41.7. The minimum Gasteiger partial charge on any atom is -0.309 e. The molecule has 0 radical (unpaired) electrons. The standard InChI is InChI=1S/C61H57F6N3/c1-56(2,3)37-16-23-51-45(29-37)46-30-38(57(4,5)6)17-24-52(46)69(51)50-22-14-36(42-21-15-41(60(62,63)64)33-49(42)61(65,66)67)28-44(50)43-20-13-35(34-68)27-55(43)70-53-25-18-39(58(7,8)9)31-47(53)48-32-40(59(10,11)12)19-26-54(48)70/h13-33H,1-12H3. The molecule has 7 aromatic carbocycles. The highest BCUT2D eigenvalue weighted by molar-refractivity contribution is 6.12. The van der Waals surface area contributed by atoms with Crippen LogP contribution in [0.1, 0.15) is 122 Å². The Morgan fingerprint density at radius 3 is 1.11 bits per heavy atom. The van der Waals surface area contributed by atoms with E-state index in [1.165, 1.54) is 0 Å². The Hall–Kier alpha value is -6.79. The van der Waals surface area contributed by atoms with Gasteiger partial charge in [-0.1, -0.05) is 126 Å². The number of hydrogen-bond acceptors (Lipinski definition) is 1. The molecule has 0 saturated carbocycles. The molecule has 9 heteroatoms. The Kier molecular flexibility index (Phi) is 11.1. The first-order valence-electron chi connectivity index (χ1n) is 23.6. The van der Waals surface area contributed by atoms with E-state index in [-0.39, 0.29) is 33.3 Å². The van der Waals surface area contributed by atoms with Gasteiger partial charge in [0.15, 0.2) is 0 Å². The van der Waals surface area contributed by atoms with Gasteiger partial charge in [0, 0.05) is 32.7 Å². The molecule has 0 spiro atoms. The van der Waals surface area contributed by atoms with Crippen LogP contribution in [-0.4, -0.2) is 9.13 Å². The molecule has 0 amide bonds. The second kappa shape index (κ2) is 16.1. The summed E-state index contributed by atoms with van der Waals surface area (Å²) < 4.78 is 91.5. The summed E-state index contributed by atoms with van der Waals surface area (Å²) in [6.45, 7) is 26.0. The molecule has 0 saturated heterocycles. The van der Waals surface area contributed by atoms with Crippen LogP contribution in [0, 0.1) is 11.3 Å². The number of aromatic nitrogens is 2. The van der Waals surface area contributed by atoms with E-state index in [1.807, 2.05) is 12.1 Å². The van der Waals surface area contributed by atoms with Crippen molar-refractivity contribution in [2.24, 2.45) is 0 Å². The van der Waals surface area contributed by atoms with Crippen molar-refractivity contribution in [3.63, 3.8) is 0 Å². The fourth-order valence-corrected chi connectivity index (χ4v) is 9.77. The third-order valence-electron chi connectivity index (χ3n) is 13.9.